The number of aliphatic hydroxyl groups excluding tert-OH is 2. The highest BCUT2D eigenvalue weighted by molar-refractivity contribution is 5.81. The number of hydrogen-bond donors (Lipinski definition) is 2. The van der Waals surface area contributed by atoms with Crippen LogP contribution in [0.15, 0.2) is 12.7 Å². The van der Waals surface area contributed by atoms with Gasteiger partial charge < -0.3 is 29.2 Å². The van der Waals surface area contributed by atoms with E-state index < -0.39 is 18.5 Å². The molecule has 0 spiro atoms. The molecule has 0 aromatic carbocycles. The van der Waals surface area contributed by atoms with Gasteiger partial charge in [0.25, 0.3) is 6.29 Å². The van der Waals surface area contributed by atoms with Gasteiger partial charge in [-0.1, -0.05) is 6.58 Å². The number of carbonyl (C=O) groups excluding carboxylic acids is 1. The second-order valence-corrected chi connectivity index (χ2v) is 2.84. The number of methoxy groups -OCH3 is 1. The maximum absolute atomic E-state index is 10.8. The molecule has 0 fully saturated rings. The maximum atomic E-state index is 10.8. The predicted molar refractivity (Wildman–Crippen MR) is 56.9 cm³/mol. The quantitative estimate of drug-likeness (QED) is 0.223. The van der Waals surface area contributed by atoms with E-state index in [1.807, 2.05) is 0 Å². The molecule has 0 aliphatic carbocycles. The van der Waals surface area contributed by atoms with E-state index in [1.54, 1.807) is 0 Å². The average molecular weight is 250 g/mol. The molecule has 0 aliphatic rings. The summed E-state index contributed by atoms with van der Waals surface area (Å²) in [4.78, 5) is 10.8. The van der Waals surface area contributed by atoms with Crippen LogP contribution in [0.3, 0.4) is 0 Å². The molecule has 0 amide bonds. The Labute approximate surface area is 99.5 Å². The Bertz CT molecular complexity index is 219. The van der Waals surface area contributed by atoms with Gasteiger partial charge in [0.2, 0.25) is 6.29 Å². The van der Waals surface area contributed by atoms with Crippen molar-refractivity contribution in [2.24, 2.45) is 0 Å². The lowest BCUT2D eigenvalue weighted by Gasteiger charge is -2.21. The van der Waals surface area contributed by atoms with Gasteiger partial charge in [-0.05, 0) is 0 Å². The number of hydrogen-bond acceptors (Lipinski definition) is 7. The third-order valence-corrected chi connectivity index (χ3v) is 1.61. The van der Waals surface area contributed by atoms with Gasteiger partial charge in [0, 0.05) is 13.2 Å². The topological polar surface area (TPSA) is 94.5 Å². The lowest BCUT2D eigenvalue weighted by Crippen LogP contribution is -2.35. The Morgan fingerprint density at radius 3 is 2.65 bits per heavy atom. The van der Waals surface area contributed by atoms with Crippen molar-refractivity contribution in [2.75, 3.05) is 33.5 Å². The first kappa shape index (κ1) is 16.0. The van der Waals surface area contributed by atoms with Crippen LogP contribution in [-0.2, 0) is 23.7 Å². The molecule has 2 N–H and O–H groups in total. The smallest absolute Gasteiger partial charge is 0.332 e. The van der Waals surface area contributed by atoms with Crippen LogP contribution in [0.1, 0.15) is 0 Å². The standard InChI is InChI=1S/C10H18O7/c1-3-8(12)17-9(13)10(14-2)16-7-6-15-5-4-11/h3,9-11,13H,1,4-7H2,2H3. The summed E-state index contributed by atoms with van der Waals surface area (Å²) in [6.07, 6.45) is -1.72. The van der Waals surface area contributed by atoms with E-state index >= 15 is 0 Å². The Morgan fingerprint density at radius 1 is 1.41 bits per heavy atom. The van der Waals surface area contributed by atoms with Crippen molar-refractivity contribution in [1.29, 1.82) is 0 Å². The fourth-order valence-electron chi connectivity index (χ4n) is 0.879. The fourth-order valence-corrected chi connectivity index (χ4v) is 0.879. The zero-order valence-corrected chi connectivity index (χ0v) is 9.70. The molecule has 2 atom stereocenters. The van der Waals surface area contributed by atoms with E-state index in [2.05, 4.69) is 11.3 Å². The Hall–Kier alpha value is -0.990. The zero-order chi connectivity index (χ0) is 13.1. The van der Waals surface area contributed by atoms with Gasteiger partial charge in [0.05, 0.1) is 26.4 Å². The van der Waals surface area contributed by atoms with Gasteiger partial charge in [-0.2, -0.15) is 0 Å². The van der Waals surface area contributed by atoms with Crippen LogP contribution in [0, 0.1) is 0 Å². The molecule has 0 saturated carbocycles. The van der Waals surface area contributed by atoms with E-state index in [-0.39, 0.29) is 26.4 Å². The third-order valence-electron chi connectivity index (χ3n) is 1.61. The molecule has 0 heterocycles. The Balaban J connectivity index is 3.80. The minimum absolute atomic E-state index is 0.0761. The van der Waals surface area contributed by atoms with E-state index in [4.69, 9.17) is 19.3 Å². The molecule has 100 valence electrons. The fraction of sp³-hybridized carbons (Fsp3) is 0.700. The van der Waals surface area contributed by atoms with E-state index in [0.29, 0.717) is 0 Å². The van der Waals surface area contributed by atoms with Gasteiger partial charge in [0.1, 0.15) is 0 Å². The van der Waals surface area contributed by atoms with Crippen LogP contribution in [0.5, 0.6) is 0 Å². The van der Waals surface area contributed by atoms with Crippen LogP contribution in [0.25, 0.3) is 0 Å². The second kappa shape index (κ2) is 10.2. The number of carbonyl (C=O) groups is 1. The van der Waals surface area contributed by atoms with Gasteiger partial charge in [-0.3, -0.25) is 0 Å². The summed E-state index contributed by atoms with van der Waals surface area (Å²) in [5.74, 6) is -0.778. The van der Waals surface area contributed by atoms with Crippen molar-refractivity contribution < 1.29 is 34.0 Å². The molecule has 0 saturated heterocycles. The Kier molecular flexibility index (Phi) is 9.59. The third kappa shape index (κ3) is 7.83. The summed E-state index contributed by atoms with van der Waals surface area (Å²) in [5, 5.41) is 17.8. The summed E-state index contributed by atoms with van der Waals surface area (Å²) in [6, 6.07) is 0. The summed E-state index contributed by atoms with van der Waals surface area (Å²) in [5.41, 5.74) is 0. The normalized spacial score (nSPS) is 14.1. The van der Waals surface area contributed by atoms with Gasteiger partial charge in [-0.15, -0.1) is 0 Å². The lowest BCUT2D eigenvalue weighted by molar-refractivity contribution is -0.255. The summed E-state index contributed by atoms with van der Waals surface area (Å²) in [7, 11) is 1.30. The second-order valence-electron chi connectivity index (χ2n) is 2.84. The largest absolute Gasteiger partial charge is 0.427 e. The van der Waals surface area contributed by atoms with E-state index in [1.165, 1.54) is 7.11 Å². The SMILES string of the molecule is C=CC(=O)OC(O)C(OC)OCCOCCO. The van der Waals surface area contributed by atoms with Crippen LogP contribution in [0.2, 0.25) is 0 Å². The van der Waals surface area contributed by atoms with Gasteiger partial charge in [0.15, 0.2) is 0 Å². The maximum Gasteiger partial charge on any atom is 0.332 e. The molecule has 2 unspecified atom stereocenters. The minimum Gasteiger partial charge on any atom is -0.427 e. The highest BCUT2D eigenvalue weighted by Crippen LogP contribution is 2.03. The van der Waals surface area contributed by atoms with Crippen molar-refractivity contribution in [3.05, 3.63) is 12.7 Å². The predicted octanol–water partition coefficient (Wildman–Crippen LogP) is -0.968. The molecule has 0 bridgehead atoms. The number of aliphatic hydroxyl groups is 2. The van der Waals surface area contributed by atoms with Crippen molar-refractivity contribution in [1.82, 2.24) is 0 Å². The van der Waals surface area contributed by atoms with Crippen molar-refractivity contribution in [2.45, 2.75) is 12.6 Å². The van der Waals surface area contributed by atoms with Crippen LogP contribution >= 0.6 is 0 Å². The van der Waals surface area contributed by atoms with Crippen LogP contribution < -0.4 is 0 Å². The first-order valence-corrected chi connectivity index (χ1v) is 4.99. The van der Waals surface area contributed by atoms with Crippen LogP contribution in [0.4, 0.5) is 0 Å². The molecule has 7 nitrogen and oxygen atoms in total. The lowest BCUT2D eigenvalue weighted by atomic mass is 10.5. The van der Waals surface area contributed by atoms with Gasteiger partial charge in [-0.25, -0.2) is 4.79 Å². The molecule has 0 aromatic heterocycles. The van der Waals surface area contributed by atoms with Gasteiger partial charge >= 0.3 is 5.97 Å². The summed E-state index contributed by atoms with van der Waals surface area (Å²) in [6.45, 7) is 3.66. The van der Waals surface area contributed by atoms with Crippen molar-refractivity contribution in [3.8, 4) is 0 Å². The monoisotopic (exact) mass is 250 g/mol. The molecule has 0 rings (SSSR count). The molecular weight excluding hydrogens is 232 g/mol. The Morgan fingerprint density at radius 2 is 2.12 bits per heavy atom. The first-order valence-electron chi connectivity index (χ1n) is 4.99. The molecule has 7 heteroatoms. The molecule has 17 heavy (non-hydrogen) atoms. The van der Waals surface area contributed by atoms with E-state index in [9.17, 15) is 9.90 Å². The van der Waals surface area contributed by atoms with E-state index in [0.717, 1.165) is 6.08 Å². The molecule has 0 aromatic rings. The zero-order valence-electron chi connectivity index (χ0n) is 9.70. The molecular formula is C10H18O7. The minimum atomic E-state index is -1.54. The first-order chi connectivity index (χ1) is 8.15. The average Bonchev–Trinajstić information content (AvgIpc) is 2.33. The number of esters is 1. The van der Waals surface area contributed by atoms with Crippen molar-refractivity contribution >= 4 is 5.97 Å². The highest BCUT2D eigenvalue weighted by Gasteiger charge is 2.22. The number of ether oxygens (including phenoxy) is 4. The number of rotatable bonds is 10. The van der Waals surface area contributed by atoms with Crippen molar-refractivity contribution in [3.63, 3.8) is 0 Å². The summed E-state index contributed by atoms with van der Waals surface area (Å²) >= 11 is 0. The molecule has 0 aliphatic heterocycles. The summed E-state index contributed by atoms with van der Waals surface area (Å²) < 4.78 is 19.3. The van der Waals surface area contributed by atoms with Crippen LogP contribution in [-0.4, -0.2) is 62.3 Å². The highest BCUT2D eigenvalue weighted by atomic mass is 16.7. The molecule has 0 radical (unpaired) electrons.